The van der Waals surface area contributed by atoms with Crippen LogP contribution in [0.5, 0.6) is 0 Å². The van der Waals surface area contributed by atoms with Crippen LogP contribution in [0.15, 0.2) is 54.9 Å². The SMILES string of the molecule is Cc1ccc(NC(=O)c2cnc(Nc3ccc(C(C)C)cc3)nc2)cc1Cl. The maximum Gasteiger partial charge on any atom is 0.258 e. The van der Waals surface area contributed by atoms with Crippen LogP contribution in [0.3, 0.4) is 0 Å². The Morgan fingerprint density at radius 3 is 2.22 bits per heavy atom. The number of nitrogens with zero attached hydrogens (tertiary/aromatic N) is 2. The van der Waals surface area contributed by atoms with Crippen molar-refractivity contribution in [3.63, 3.8) is 0 Å². The van der Waals surface area contributed by atoms with Gasteiger partial charge in [0.25, 0.3) is 5.91 Å². The molecule has 1 heterocycles. The molecule has 5 nitrogen and oxygen atoms in total. The van der Waals surface area contributed by atoms with E-state index in [2.05, 4.69) is 46.6 Å². The van der Waals surface area contributed by atoms with E-state index in [1.807, 2.05) is 25.1 Å². The van der Waals surface area contributed by atoms with Gasteiger partial charge in [0.2, 0.25) is 5.95 Å². The minimum atomic E-state index is -0.289. The van der Waals surface area contributed by atoms with Crippen LogP contribution in [0.25, 0.3) is 0 Å². The third-order valence-electron chi connectivity index (χ3n) is 4.18. The molecule has 3 aromatic rings. The Bertz CT molecular complexity index is 937. The summed E-state index contributed by atoms with van der Waals surface area (Å²) in [4.78, 5) is 20.8. The van der Waals surface area contributed by atoms with Crippen molar-refractivity contribution in [1.82, 2.24) is 9.97 Å². The van der Waals surface area contributed by atoms with Gasteiger partial charge in [0.1, 0.15) is 0 Å². The molecule has 3 rings (SSSR count). The van der Waals surface area contributed by atoms with Gasteiger partial charge in [-0.05, 0) is 48.2 Å². The molecule has 2 aromatic carbocycles. The molecule has 0 atom stereocenters. The smallest absolute Gasteiger partial charge is 0.258 e. The van der Waals surface area contributed by atoms with Crippen LogP contribution in [0.1, 0.15) is 41.3 Å². The van der Waals surface area contributed by atoms with E-state index in [0.717, 1.165) is 11.3 Å². The second-order valence-electron chi connectivity index (χ2n) is 6.62. The van der Waals surface area contributed by atoms with E-state index in [1.165, 1.54) is 18.0 Å². The van der Waals surface area contributed by atoms with Crippen molar-refractivity contribution < 1.29 is 4.79 Å². The molecule has 1 aromatic heterocycles. The molecule has 1 amide bonds. The van der Waals surface area contributed by atoms with E-state index in [-0.39, 0.29) is 5.91 Å². The van der Waals surface area contributed by atoms with Gasteiger partial charge < -0.3 is 10.6 Å². The summed E-state index contributed by atoms with van der Waals surface area (Å²) in [7, 11) is 0. The van der Waals surface area contributed by atoms with Crippen LogP contribution in [0, 0.1) is 6.92 Å². The van der Waals surface area contributed by atoms with Crippen molar-refractivity contribution in [2.45, 2.75) is 26.7 Å². The number of benzene rings is 2. The Morgan fingerprint density at radius 2 is 1.63 bits per heavy atom. The first-order chi connectivity index (χ1) is 12.9. The van der Waals surface area contributed by atoms with Gasteiger partial charge in [0.15, 0.2) is 0 Å². The zero-order valence-electron chi connectivity index (χ0n) is 15.5. The molecule has 0 fully saturated rings. The largest absolute Gasteiger partial charge is 0.324 e. The summed E-state index contributed by atoms with van der Waals surface area (Å²) in [5.41, 5.74) is 4.11. The molecule has 0 saturated heterocycles. The Balaban J connectivity index is 1.65. The van der Waals surface area contributed by atoms with Gasteiger partial charge in [-0.25, -0.2) is 9.97 Å². The lowest BCUT2D eigenvalue weighted by molar-refractivity contribution is 0.102. The highest BCUT2D eigenvalue weighted by Crippen LogP contribution is 2.21. The minimum absolute atomic E-state index is 0.289. The van der Waals surface area contributed by atoms with Crippen molar-refractivity contribution in [3.05, 3.63) is 76.6 Å². The monoisotopic (exact) mass is 380 g/mol. The average molecular weight is 381 g/mol. The summed E-state index contributed by atoms with van der Waals surface area (Å²) < 4.78 is 0. The number of hydrogen-bond acceptors (Lipinski definition) is 4. The second kappa shape index (κ2) is 8.18. The fourth-order valence-corrected chi connectivity index (χ4v) is 2.64. The van der Waals surface area contributed by atoms with Gasteiger partial charge >= 0.3 is 0 Å². The summed E-state index contributed by atoms with van der Waals surface area (Å²) in [6.07, 6.45) is 2.98. The number of anilines is 3. The summed E-state index contributed by atoms with van der Waals surface area (Å²) in [6, 6.07) is 13.5. The third kappa shape index (κ3) is 4.83. The standard InChI is InChI=1S/C21H21ClN4O/c1-13(2)15-5-8-17(9-6-15)26-21-23-11-16(12-24-21)20(27)25-18-7-4-14(3)19(22)10-18/h4-13H,1-3H3,(H,25,27)(H,23,24,26). The van der Waals surface area contributed by atoms with Crippen molar-refractivity contribution >= 4 is 34.8 Å². The van der Waals surface area contributed by atoms with Crippen LogP contribution in [0.4, 0.5) is 17.3 Å². The lowest BCUT2D eigenvalue weighted by Gasteiger charge is -2.09. The summed E-state index contributed by atoms with van der Waals surface area (Å²) in [6.45, 7) is 6.21. The Labute approximate surface area is 163 Å². The van der Waals surface area contributed by atoms with Gasteiger partial charge in [-0.15, -0.1) is 0 Å². The van der Waals surface area contributed by atoms with Crippen molar-refractivity contribution in [2.24, 2.45) is 0 Å². The topological polar surface area (TPSA) is 66.9 Å². The number of carbonyl (C=O) groups excluding carboxylic acids is 1. The zero-order valence-corrected chi connectivity index (χ0v) is 16.2. The molecule has 0 unspecified atom stereocenters. The lowest BCUT2D eigenvalue weighted by Crippen LogP contribution is -2.13. The van der Waals surface area contributed by atoms with Gasteiger partial charge in [0.05, 0.1) is 5.56 Å². The first kappa shape index (κ1) is 18.9. The Hall–Kier alpha value is -2.92. The number of carbonyl (C=O) groups is 1. The first-order valence-corrected chi connectivity index (χ1v) is 9.06. The molecular weight excluding hydrogens is 360 g/mol. The molecule has 6 heteroatoms. The fourth-order valence-electron chi connectivity index (χ4n) is 2.46. The van der Waals surface area contributed by atoms with Crippen LogP contribution in [-0.4, -0.2) is 15.9 Å². The Kier molecular flexibility index (Phi) is 5.72. The van der Waals surface area contributed by atoms with Gasteiger partial charge in [0, 0.05) is 28.8 Å². The number of rotatable bonds is 5. The van der Waals surface area contributed by atoms with Gasteiger partial charge in [-0.1, -0.05) is 43.6 Å². The van der Waals surface area contributed by atoms with Crippen LogP contribution < -0.4 is 10.6 Å². The number of amides is 1. The molecule has 0 aliphatic heterocycles. The van der Waals surface area contributed by atoms with E-state index in [9.17, 15) is 4.79 Å². The van der Waals surface area contributed by atoms with Crippen LogP contribution in [-0.2, 0) is 0 Å². The molecule has 2 N–H and O–H groups in total. The molecule has 0 saturated carbocycles. The lowest BCUT2D eigenvalue weighted by atomic mass is 10.0. The normalized spacial score (nSPS) is 10.7. The Morgan fingerprint density at radius 1 is 1.00 bits per heavy atom. The molecule has 0 bridgehead atoms. The zero-order chi connectivity index (χ0) is 19.4. The summed E-state index contributed by atoms with van der Waals surface area (Å²) >= 11 is 6.08. The van der Waals surface area contributed by atoms with E-state index in [0.29, 0.717) is 28.1 Å². The summed E-state index contributed by atoms with van der Waals surface area (Å²) in [5, 5.41) is 6.52. The maximum absolute atomic E-state index is 12.3. The molecule has 27 heavy (non-hydrogen) atoms. The number of aryl methyl sites for hydroxylation is 1. The highest BCUT2D eigenvalue weighted by atomic mass is 35.5. The minimum Gasteiger partial charge on any atom is -0.324 e. The second-order valence-corrected chi connectivity index (χ2v) is 7.02. The predicted octanol–water partition coefficient (Wildman–Crippen LogP) is 5.56. The number of hydrogen-bond donors (Lipinski definition) is 2. The van der Waals surface area contributed by atoms with Crippen molar-refractivity contribution in [1.29, 1.82) is 0 Å². The molecule has 0 aliphatic carbocycles. The molecule has 138 valence electrons. The molecular formula is C21H21ClN4O. The number of nitrogens with one attached hydrogen (secondary N) is 2. The summed E-state index contributed by atoms with van der Waals surface area (Å²) in [5.74, 6) is 0.626. The van der Waals surface area contributed by atoms with Crippen LogP contribution in [0.2, 0.25) is 5.02 Å². The first-order valence-electron chi connectivity index (χ1n) is 8.69. The number of aromatic nitrogens is 2. The van der Waals surface area contributed by atoms with Crippen LogP contribution >= 0.6 is 11.6 Å². The highest BCUT2D eigenvalue weighted by molar-refractivity contribution is 6.31. The van der Waals surface area contributed by atoms with E-state index in [1.54, 1.807) is 12.1 Å². The quantitative estimate of drug-likeness (QED) is 0.608. The van der Waals surface area contributed by atoms with Gasteiger partial charge in [-0.2, -0.15) is 0 Å². The highest BCUT2D eigenvalue weighted by Gasteiger charge is 2.09. The number of halogens is 1. The third-order valence-corrected chi connectivity index (χ3v) is 4.58. The van der Waals surface area contributed by atoms with Gasteiger partial charge in [-0.3, -0.25) is 4.79 Å². The fraction of sp³-hybridized carbons (Fsp3) is 0.190. The van der Waals surface area contributed by atoms with Crippen molar-refractivity contribution in [2.75, 3.05) is 10.6 Å². The van der Waals surface area contributed by atoms with E-state index >= 15 is 0 Å². The van der Waals surface area contributed by atoms with Crippen molar-refractivity contribution in [3.8, 4) is 0 Å². The average Bonchev–Trinajstić information content (AvgIpc) is 2.66. The van der Waals surface area contributed by atoms with E-state index in [4.69, 9.17) is 11.6 Å². The molecule has 0 aliphatic rings. The molecule has 0 spiro atoms. The predicted molar refractivity (Wildman–Crippen MR) is 110 cm³/mol. The van der Waals surface area contributed by atoms with E-state index < -0.39 is 0 Å². The maximum atomic E-state index is 12.3. The molecule has 0 radical (unpaired) electrons.